The van der Waals surface area contributed by atoms with E-state index < -0.39 is 53.6 Å². The fourth-order valence-electron chi connectivity index (χ4n) is 6.37. The van der Waals surface area contributed by atoms with Gasteiger partial charge in [-0.3, -0.25) is 19.2 Å². The van der Waals surface area contributed by atoms with E-state index in [4.69, 9.17) is 9.47 Å². The molecule has 10 nitrogen and oxygen atoms in total. The highest BCUT2D eigenvalue weighted by atomic mass is 16.6. The summed E-state index contributed by atoms with van der Waals surface area (Å²) in [5.41, 5.74) is -0.439. The number of aliphatic hydroxyl groups excluding tert-OH is 1. The highest BCUT2D eigenvalue weighted by Gasteiger charge is 2.74. The number of ether oxygens (including phenoxy) is 2. The Bertz CT molecular complexity index is 1200. The van der Waals surface area contributed by atoms with Gasteiger partial charge in [0.05, 0.1) is 31.2 Å². The van der Waals surface area contributed by atoms with Crippen molar-refractivity contribution < 1.29 is 33.8 Å². The second kappa shape index (κ2) is 11.5. The molecule has 0 saturated carbocycles. The van der Waals surface area contributed by atoms with Crippen LogP contribution in [0, 0.1) is 11.8 Å². The monoisotopic (exact) mass is 551 g/mol. The maximum atomic E-state index is 14.5. The lowest BCUT2D eigenvalue weighted by molar-refractivity contribution is -0.159. The standard InChI is InChI=1S/C30H37N3O7/c1-3-21(18-34)33-26-28(37)32(17-20-10-6-4-7-11-20)15-9-5-8-12-23(35)31-16-19(2)39-29(38)24-22-13-14-30(26,40-22)25(24)27(33)36/h4-7,9-11,13-14,19,21-22,24-26,34H,3,8,12,15-18H2,1-2H3,(H,31,35)/b9-5-/t19-,21+,22+,24-,25-,26+,30-/m1/s1. The maximum Gasteiger partial charge on any atom is 0.313 e. The summed E-state index contributed by atoms with van der Waals surface area (Å²) >= 11 is 0. The van der Waals surface area contributed by atoms with Crippen molar-refractivity contribution in [3.63, 3.8) is 0 Å². The molecule has 4 aliphatic heterocycles. The fourth-order valence-corrected chi connectivity index (χ4v) is 6.37. The molecule has 2 N–H and O–H groups in total. The first kappa shape index (κ1) is 28.0. The van der Waals surface area contributed by atoms with Gasteiger partial charge in [0, 0.05) is 19.5 Å². The van der Waals surface area contributed by atoms with Crippen LogP contribution in [0.2, 0.25) is 0 Å². The minimum atomic E-state index is -1.35. The Morgan fingerprint density at radius 3 is 2.62 bits per heavy atom. The first-order chi connectivity index (χ1) is 19.3. The molecule has 4 heterocycles. The molecule has 7 atom stereocenters. The number of fused-ring (bicyclic) bond motifs is 2. The first-order valence-electron chi connectivity index (χ1n) is 14.1. The SMILES string of the molecule is CC[C@@H](CO)N1C(=O)[C@H]2[C@@H]3C(=O)O[C@H](C)CNC(=O)CC/C=C\CN(Cc4ccccc4)C(=O)[C@H]1[C@@]21C=C[C@@H]3O1. The number of hydrogen-bond donors (Lipinski definition) is 2. The first-order valence-corrected chi connectivity index (χ1v) is 14.1. The summed E-state index contributed by atoms with van der Waals surface area (Å²) in [4.78, 5) is 57.5. The lowest BCUT2D eigenvalue weighted by Crippen LogP contribution is -2.58. The van der Waals surface area contributed by atoms with Crippen LogP contribution in [0.5, 0.6) is 0 Å². The molecule has 4 aliphatic rings. The van der Waals surface area contributed by atoms with E-state index in [2.05, 4.69) is 5.32 Å². The van der Waals surface area contributed by atoms with Gasteiger partial charge in [0.15, 0.2) is 0 Å². The van der Waals surface area contributed by atoms with Gasteiger partial charge >= 0.3 is 5.97 Å². The lowest BCUT2D eigenvalue weighted by Gasteiger charge is -2.38. The van der Waals surface area contributed by atoms with E-state index in [1.807, 2.05) is 49.4 Å². The Hall–Kier alpha value is -3.50. The van der Waals surface area contributed by atoms with Crippen molar-refractivity contribution in [1.29, 1.82) is 0 Å². The molecule has 1 spiro atoms. The highest BCUT2D eigenvalue weighted by molar-refractivity contribution is 5.99. The molecule has 0 radical (unpaired) electrons. The van der Waals surface area contributed by atoms with Crippen LogP contribution >= 0.6 is 0 Å². The van der Waals surface area contributed by atoms with Crippen molar-refractivity contribution in [1.82, 2.24) is 15.1 Å². The van der Waals surface area contributed by atoms with Crippen LogP contribution in [0.25, 0.3) is 0 Å². The zero-order valence-electron chi connectivity index (χ0n) is 22.9. The largest absolute Gasteiger partial charge is 0.460 e. The van der Waals surface area contributed by atoms with E-state index >= 15 is 0 Å². The predicted molar refractivity (Wildman–Crippen MR) is 144 cm³/mol. The number of cyclic esters (lactones) is 1. The van der Waals surface area contributed by atoms with E-state index in [9.17, 15) is 24.3 Å². The van der Waals surface area contributed by atoms with Crippen molar-refractivity contribution in [2.45, 2.75) is 69.5 Å². The summed E-state index contributed by atoms with van der Waals surface area (Å²) in [6.45, 7) is 3.89. The molecule has 1 aromatic carbocycles. The number of nitrogens with zero attached hydrogens (tertiary/aromatic N) is 2. The van der Waals surface area contributed by atoms with Crippen LogP contribution in [0.4, 0.5) is 0 Å². The third kappa shape index (κ3) is 4.94. The van der Waals surface area contributed by atoms with Crippen molar-refractivity contribution >= 4 is 23.7 Å². The quantitative estimate of drug-likeness (QED) is 0.418. The van der Waals surface area contributed by atoms with E-state index in [0.29, 0.717) is 12.8 Å². The Balaban J connectivity index is 1.58. The van der Waals surface area contributed by atoms with Crippen molar-refractivity contribution in [2.75, 3.05) is 19.7 Å². The third-order valence-corrected chi connectivity index (χ3v) is 8.36. The van der Waals surface area contributed by atoms with Gasteiger partial charge in [-0.2, -0.15) is 0 Å². The molecular weight excluding hydrogens is 514 g/mol. The van der Waals surface area contributed by atoms with Gasteiger partial charge in [0.25, 0.3) is 0 Å². The second-order valence-electron chi connectivity index (χ2n) is 11.0. The number of benzene rings is 1. The van der Waals surface area contributed by atoms with Crippen LogP contribution in [0.15, 0.2) is 54.6 Å². The Kier molecular flexibility index (Phi) is 8.09. The summed E-state index contributed by atoms with van der Waals surface area (Å²) < 4.78 is 12.1. The minimum absolute atomic E-state index is 0.145. The predicted octanol–water partition coefficient (Wildman–Crippen LogP) is 1.33. The molecule has 2 fully saturated rings. The van der Waals surface area contributed by atoms with Crippen molar-refractivity contribution in [3.8, 4) is 0 Å². The molecule has 1 aromatic rings. The summed E-state index contributed by atoms with van der Waals surface area (Å²) in [7, 11) is 0. The normalized spacial score (nSPS) is 34.0. The molecular formula is C30H37N3O7. The third-order valence-electron chi connectivity index (χ3n) is 8.36. The number of carbonyl (C=O) groups excluding carboxylic acids is 4. The summed E-state index contributed by atoms with van der Waals surface area (Å²) in [5.74, 6) is -3.40. The number of amides is 3. The van der Waals surface area contributed by atoms with Gasteiger partial charge in [0.1, 0.15) is 23.7 Å². The lowest BCUT2D eigenvalue weighted by atomic mass is 9.74. The molecule has 5 bridgehead atoms. The number of hydrogen-bond acceptors (Lipinski definition) is 7. The number of rotatable bonds is 5. The van der Waals surface area contributed by atoms with E-state index in [1.165, 1.54) is 4.90 Å². The summed E-state index contributed by atoms with van der Waals surface area (Å²) in [6.07, 6.45) is 7.04. The van der Waals surface area contributed by atoms with Crippen LogP contribution in [-0.2, 0) is 35.2 Å². The summed E-state index contributed by atoms with van der Waals surface area (Å²) in [5, 5.41) is 13.0. The zero-order chi connectivity index (χ0) is 28.4. The number of carbonyl (C=O) groups is 4. The molecule has 214 valence electrons. The molecule has 40 heavy (non-hydrogen) atoms. The van der Waals surface area contributed by atoms with E-state index in [1.54, 1.807) is 24.0 Å². The van der Waals surface area contributed by atoms with E-state index in [0.717, 1.165) is 5.56 Å². The molecule has 0 unspecified atom stereocenters. The maximum absolute atomic E-state index is 14.5. The second-order valence-corrected chi connectivity index (χ2v) is 11.0. The molecule has 3 amide bonds. The minimum Gasteiger partial charge on any atom is -0.460 e. The van der Waals surface area contributed by atoms with Gasteiger partial charge in [-0.25, -0.2) is 0 Å². The smallest absolute Gasteiger partial charge is 0.313 e. The summed E-state index contributed by atoms with van der Waals surface area (Å²) in [6, 6.07) is 7.86. The fraction of sp³-hybridized carbons (Fsp3) is 0.533. The molecule has 2 saturated heterocycles. The number of esters is 1. The van der Waals surface area contributed by atoms with Crippen molar-refractivity contribution in [2.24, 2.45) is 11.8 Å². The highest BCUT2D eigenvalue weighted by Crippen LogP contribution is 2.56. The van der Waals surface area contributed by atoms with Crippen LogP contribution in [0.1, 0.15) is 38.7 Å². The number of nitrogens with one attached hydrogen (secondary N) is 1. The van der Waals surface area contributed by atoms with Gasteiger partial charge in [-0.05, 0) is 25.3 Å². The molecule has 0 aliphatic carbocycles. The number of aliphatic hydroxyl groups is 1. The van der Waals surface area contributed by atoms with E-state index in [-0.39, 0.29) is 44.5 Å². The zero-order valence-corrected chi connectivity index (χ0v) is 22.9. The van der Waals surface area contributed by atoms with Gasteiger partial charge in [-0.1, -0.05) is 61.6 Å². The number of likely N-dealkylation sites (tertiary alicyclic amines) is 1. The average molecular weight is 552 g/mol. The van der Waals surface area contributed by atoms with Crippen LogP contribution < -0.4 is 5.32 Å². The van der Waals surface area contributed by atoms with Gasteiger partial charge in [0.2, 0.25) is 17.7 Å². The number of allylic oxidation sites excluding steroid dienone is 1. The molecule has 10 heteroatoms. The van der Waals surface area contributed by atoms with Gasteiger partial charge in [-0.15, -0.1) is 0 Å². The average Bonchev–Trinajstić information content (AvgIpc) is 3.59. The molecule has 0 aromatic heterocycles. The Morgan fingerprint density at radius 1 is 1.12 bits per heavy atom. The topological polar surface area (TPSA) is 125 Å². The Labute approximate surface area is 234 Å². The Morgan fingerprint density at radius 2 is 1.90 bits per heavy atom. The molecule has 5 rings (SSSR count). The van der Waals surface area contributed by atoms with Crippen molar-refractivity contribution in [3.05, 3.63) is 60.2 Å². The van der Waals surface area contributed by atoms with Crippen LogP contribution in [-0.4, -0.2) is 88.2 Å². The van der Waals surface area contributed by atoms with Gasteiger partial charge < -0.3 is 29.7 Å². The van der Waals surface area contributed by atoms with Crippen LogP contribution in [0.3, 0.4) is 0 Å².